The van der Waals surface area contributed by atoms with Crippen molar-refractivity contribution < 1.29 is 0 Å². The van der Waals surface area contributed by atoms with E-state index in [2.05, 4.69) is 43.0 Å². The van der Waals surface area contributed by atoms with Gasteiger partial charge in [0.1, 0.15) is 5.69 Å². The third-order valence-corrected chi connectivity index (χ3v) is 4.68. The minimum absolute atomic E-state index is 0.156. The van der Waals surface area contributed by atoms with Crippen LogP contribution in [-0.4, -0.2) is 16.5 Å². The molecule has 0 atom stereocenters. The van der Waals surface area contributed by atoms with Crippen LogP contribution in [0, 0.1) is 16.7 Å². The van der Waals surface area contributed by atoms with Crippen molar-refractivity contribution in [2.24, 2.45) is 16.7 Å². The lowest BCUT2D eigenvalue weighted by Gasteiger charge is -2.08. The predicted octanol–water partition coefficient (Wildman–Crippen LogP) is 1.45. The number of rotatable bonds is 3. The molecule has 1 aromatic rings. The van der Waals surface area contributed by atoms with Crippen LogP contribution < -0.4 is 16.6 Å². The Bertz CT molecular complexity index is 476. The van der Waals surface area contributed by atoms with Crippen LogP contribution in [0.15, 0.2) is 11.1 Å². The Morgan fingerprint density at radius 2 is 2.00 bits per heavy atom. The molecule has 1 aliphatic rings. The van der Waals surface area contributed by atoms with Crippen LogP contribution in [0.25, 0.3) is 0 Å². The highest BCUT2D eigenvalue weighted by atomic mass is 16.1. The zero-order chi connectivity index (χ0) is 12.8. The largest absolute Gasteiger partial charge is 0.391 e. The lowest BCUT2D eigenvalue weighted by Crippen LogP contribution is -2.18. The minimum atomic E-state index is -0.295. The van der Waals surface area contributed by atoms with Crippen molar-refractivity contribution in [3.05, 3.63) is 16.7 Å². The van der Waals surface area contributed by atoms with E-state index in [9.17, 15) is 4.79 Å². The quantitative estimate of drug-likeness (QED) is 0.741. The Kier molecular flexibility index (Phi) is 2.45. The van der Waals surface area contributed by atoms with Crippen LogP contribution in [0.5, 0.6) is 0 Å². The Labute approximate surface area is 101 Å². The van der Waals surface area contributed by atoms with Gasteiger partial charge in [-0.25, -0.2) is 4.98 Å². The average Bonchev–Trinajstić information content (AvgIpc) is 2.61. The maximum absolute atomic E-state index is 11.3. The lowest BCUT2D eigenvalue weighted by atomic mass is 10.0. The summed E-state index contributed by atoms with van der Waals surface area (Å²) < 4.78 is 0. The summed E-state index contributed by atoms with van der Waals surface area (Å²) in [6.07, 6.45) is 1.37. The Balaban J connectivity index is 2.06. The van der Waals surface area contributed by atoms with Crippen LogP contribution in [0.3, 0.4) is 0 Å². The van der Waals surface area contributed by atoms with Gasteiger partial charge in [-0.1, -0.05) is 27.7 Å². The maximum Gasteiger partial charge on any atom is 0.276 e. The number of nitrogens with one attached hydrogen (secondary N) is 2. The second-order valence-electron chi connectivity index (χ2n) is 5.87. The molecule has 1 aliphatic carbocycles. The van der Waals surface area contributed by atoms with Crippen LogP contribution >= 0.6 is 0 Å². The monoisotopic (exact) mass is 236 g/mol. The van der Waals surface area contributed by atoms with Gasteiger partial charge in [0.15, 0.2) is 5.82 Å². The van der Waals surface area contributed by atoms with E-state index in [1.54, 1.807) is 0 Å². The van der Waals surface area contributed by atoms with Gasteiger partial charge in [-0.15, -0.1) is 0 Å². The number of aromatic nitrogens is 2. The number of hydrogen-bond donors (Lipinski definition) is 3. The molecule has 0 aromatic carbocycles. The molecule has 17 heavy (non-hydrogen) atoms. The summed E-state index contributed by atoms with van der Waals surface area (Å²) in [4.78, 5) is 17.8. The Morgan fingerprint density at radius 3 is 2.53 bits per heavy atom. The van der Waals surface area contributed by atoms with E-state index in [1.165, 1.54) is 6.33 Å². The van der Waals surface area contributed by atoms with Gasteiger partial charge in [-0.05, 0) is 16.7 Å². The average molecular weight is 236 g/mol. The molecule has 1 aromatic heterocycles. The van der Waals surface area contributed by atoms with E-state index in [0.717, 1.165) is 6.54 Å². The second kappa shape index (κ2) is 3.48. The van der Waals surface area contributed by atoms with E-state index in [-0.39, 0.29) is 11.2 Å². The van der Waals surface area contributed by atoms with Gasteiger partial charge >= 0.3 is 0 Å². The minimum Gasteiger partial charge on any atom is -0.391 e. The fraction of sp³-hybridized carbons (Fsp3) is 0.667. The highest BCUT2D eigenvalue weighted by molar-refractivity contribution is 5.59. The molecule has 0 radical (unpaired) electrons. The molecular weight excluding hydrogens is 216 g/mol. The third kappa shape index (κ3) is 1.69. The number of hydrogen-bond acceptors (Lipinski definition) is 4. The smallest absolute Gasteiger partial charge is 0.276 e. The van der Waals surface area contributed by atoms with E-state index in [1.807, 2.05) is 0 Å². The van der Waals surface area contributed by atoms with Crippen molar-refractivity contribution in [2.45, 2.75) is 27.7 Å². The molecule has 5 nitrogen and oxygen atoms in total. The van der Waals surface area contributed by atoms with Crippen molar-refractivity contribution in [1.29, 1.82) is 0 Å². The van der Waals surface area contributed by atoms with Crippen LogP contribution in [-0.2, 0) is 0 Å². The Hall–Kier alpha value is -1.52. The first-order valence-corrected chi connectivity index (χ1v) is 5.85. The predicted molar refractivity (Wildman–Crippen MR) is 68.8 cm³/mol. The topological polar surface area (TPSA) is 83.8 Å². The fourth-order valence-electron chi connectivity index (χ4n) is 2.59. The SMILES string of the molecule is CC1(C)C(CNc2nc[nH]c(=O)c2N)C1(C)C. The molecule has 2 rings (SSSR count). The lowest BCUT2D eigenvalue weighted by molar-refractivity contribution is 0.457. The summed E-state index contributed by atoms with van der Waals surface area (Å²) in [7, 11) is 0. The molecule has 5 heteroatoms. The van der Waals surface area contributed by atoms with Gasteiger partial charge in [-0.2, -0.15) is 0 Å². The van der Waals surface area contributed by atoms with Crippen LogP contribution in [0.4, 0.5) is 11.5 Å². The van der Waals surface area contributed by atoms with E-state index in [4.69, 9.17) is 5.73 Å². The van der Waals surface area contributed by atoms with Gasteiger partial charge < -0.3 is 16.0 Å². The molecule has 0 saturated heterocycles. The van der Waals surface area contributed by atoms with Crippen LogP contribution in [0.2, 0.25) is 0 Å². The maximum atomic E-state index is 11.3. The summed E-state index contributed by atoms with van der Waals surface area (Å²) in [6.45, 7) is 9.82. The summed E-state index contributed by atoms with van der Waals surface area (Å²) in [5, 5.41) is 3.17. The van der Waals surface area contributed by atoms with Gasteiger partial charge in [0.2, 0.25) is 0 Å². The number of H-pyrrole nitrogens is 1. The summed E-state index contributed by atoms with van der Waals surface area (Å²) in [6, 6.07) is 0. The molecule has 0 amide bonds. The first kappa shape index (κ1) is 12.0. The molecule has 4 N–H and O–H groups in total. The number of nitrogens with zero attached hydrogens (tertiary/aromatic N) is 1. The fourth-order valence-corrected chi connectivity index (χ4v) is 2.59. The standard InChI is InChI=1S/C12H20N4O/c1-11(2)7(12(11,3)4)5-14-9-8(13)10(17)16-6-15-9/h6-7H,5,13H2,1-4H3,(H2,14,15,16,17). The highest BCUT2D eigenvalue weighted by Gasteiger charge is 2.64. The number of anilines is 2. The summed E-state index contributed by atoms with van der Waals surface area (Å²) in [5.41, 5.74) is 6.15. The molecule has 0 unspecified atom stereocenters. The number of nitrogen functional groups attached to an aromatic ring is 1. The van der Waals surface area contributed by atoms with E-state index < -0.39 is 0 Å². The van der Waals surface area contributed by atoms with E-state index >= 15 is 0 Å². The van der Waals surface area contributed by atoms with E-state index in [0.29, 0.717) is 22.6 Å². The van der Waals surface area contributed by atoms with Crippen molar-refractivity contribution in [1.82, 2.24) is 9.97 Å². The van der Waals surface area contributed by atoms with Gasteiger partial charge in [0.05, 0.1) is 6.33 Å². The van der Waals surface area contributed by atoms with Gasteiger partial charge in [0, 0.05) is 6.54 Å². The molecule has 94 valence electrons. The molecule has 0 spiro atoms. The summed E-state index contributed by atoms with van der Waals surface area (Å²) >= 11 is 0. The molecular formula is C12H20N4O. The summed E-state index contributed by atoms with van der Waals surface area (Å²) in [5.74, 6) is 1.04. The third-order valence-electron chi connectivity index (χ3n) is 4.68. The number of nitrogens with two attached hydrogens (primary N) is 1. The number of aromatic amines is 1. The van der Waals surface area contributed by atoms with Gasteiger partial charge in [-0.3, -0.25) is 4.79 Å². The first-order chi connectivity index (χ1) is 7.78. The normalized spacial score (nSPS) is 21.2. The zero-order valence-corrected chi connectivity index (χ0v) is 10.8. The van der Waals surface area contributed by atoms with Crippen molar-refractivity contribution >= 4 is 11.5 Å². The molecule has 0 aliphatic heterocycles. The molecule has 0 bridgehead atoms. The van der Waals surface area contributed by atoms with Crippen LogP contribution in [0.1, 0.15) is 27.7 Å². The van der Waals surface area contributed by atoms with Crippen molar-refractivity contribution in [3.63, 3.8) is 0 Å². The van der Waals surface area contributed by atoms with Crippen molar-refractivity contribution in [3.8, 4) is 0 Å². The molecule has 1 fully saturated rings. The second-order valence-corrected chi connectivity index (χ2v) is 5.87. The highest BCUT2D eigenvalue weighted by Crippen LogP contribution is 2.68. The first-order valence-electron chi connectivity index (χ1n) is 5.85. The Morgan fingerprint density at radius 1 is 1.41 bits per heavy atom. The van der Waals surface area contributed by atoms with Gasteiger partial charge in [0.25, 0.3) is 5.56 Å². The molecule has 1 heterocycles. The zero-order valence-electron chi connectivity index (χ0n) is 10.8. The molecule has 1 saturated carbocycles. The van der Waals surface area contributed by atoms with Crippen molar-refractivity contribution in [2.75, 3.05) is 17.6 Å².